The first kappa shape index (κ1) is 11.0. The first-order valence-electron chi connectivity index (χ1n) is 4.94. The van der Waals surface area contributed by atoms with E-state index < -0.39 is 9.84 Å². The first-order valence-corrected chi connectivity index (χ1v) is 6.76. The van der Waals surface area contributed by atoms with Crippen LogP contribution in [0.3, 0.4) is 0 Å². The summed E-state index contributed by atoms with van der Waals surface area (Å²) in [6.45, 7) is 2.34. The molecule has 1 rings (SSSR count). The third-order valence-corrected chi connectivity index (χ3v) is 4.41. The topological polar surface area (TPSA) is 60.2 Å². The van der Waals surface area contributed by atoms with Crippen LogP contribution in [0.1, 0.15) is 26.2 Å². The molecule has 1 unspecified atom stereocenters. The Morgan fingerprint density at radius 2 is 2.08 bits per heavy atom. The minimum Gasteiger partial charge on any atom is -0.330 e. The van der Waals surface area contributed by atoms with Gasteiger partial charge < -0.3 is 5.73 Å². The van der Waals surface area contributed by atoms with Crippen LogP contribution in [0.15, 0.2) is 0 Å². The predicted molar refractivity (Wildman–Crippen MR) is 54.2 cm³/mol. The molecule has 3 nitrogen and oxygen atoms in total. The Kier molecular flexibility index (Phi) is 3.74. The molecule has 1 saturated carbocycles. The van der Waals surface area contributed by atoms with Gasteiger partial charge in [0, 0.05) is 0 Å². The van der Waals surface area contributed by atoms with Gasteiger partial charge in [-0.25, -0.2) is 8.42 Å². The largest absolute Gasteiger partial charge is 0.330 e. The fraction of sp³-hybridized carbons (Fsp3) is 1.00. The summed E-state index contributed by atoms with van der Waals surface area (Å²) in [5.74, 6) is 1.42. The summed E-state index contributed by atoms with van der Waals surface area (Å²) in [4.78, 5) is 0. The third-order valence-electron chi connectivity index (χ3n) is 2.47. The van der Waals surface area contributed by atoms with Crippen LogP contribution in [0.4, 0.5) is 0 Å². The summed E-state index contributed by atoms with van der Waals surface area (Å²) in [5, 5.41) is 0. The number of rotatable bonds is 6. The van der Waals surface area contributed by atoms with Crippen LogP contribution in [0.2, 0.25) is 0 Å². The molecule has 2 N–H and O–H groups in total. The normalized spacial score (nSPS) is 20.2. The second kappa shape index (κ2) is 4.42. The zero-order valence-corrected chi connectivity index (χ0v) is 9.02. The van der Waals surface area contributed by atoms with E-state index in [4.69, 9.17) is 5.73 Å². The Morgan fingerprint density at radius 1 is 1.46 bits per heavy atom. The molecule has 0 bridgehead atoms. The number of hydrogen-bond acceptors (Lipinski definition) is 3. The lowest BCUT2D eigenvalue weighted by molar-refractivity contribution is 0.569. The summed E-state index contributed by atoms with van der Waals surface area (Å²) < 4.78 is 23.0. The zero-order valence-electron chi connectivity index (χ0n) is 8.20. The van der Waals surface area contributed by atoms with E-state index in [2.05, 4.69) is 0 Å². The second-order valence-corrected chi connectivity index (χ2v) is 6.42. The minimum atomic E-state index is -2.83. The molecular weight excluding hydrogens is 186 g/mol. The molecule has 4 heteroatoms. The van der Waals surface area contributed by atoms with Crippen LogP contribution in [0.5, 0.6) is 0 Å². The van der Waals surface area contributed by atoms with Crippen LogP contribution < -0.4 is 5.73 Å². The van der Waals surface area contributed by atoms with Gasteiger partial charge in [-0.1, -0.05) is 19.8 Å². The van der Waals surface area contributed by atoms with Gasteiger partial charge in [0.15, 0.2) is 9.84 Å². The van der Waals surface area contributed by atoms with Crippen molar-refractivity contribution in [3.63, 3.8) is 0 Å². The maximum atomic E-state index is 11.5. The summed E-state index contributed by atoms with van der Waals surface area (Å²) in [6, 6.07) is 0. The van der Waals surface area contributed by atoms with Crippen molar-refractivity contribution >= 4 is 9.84 Å². The van der Waals surface area contributed by atoms with E-state index in [0.717, 1.165) is 6.42 Å². The van der Waals surface area contributed by atoms with Crippen molar-refractivity contribution < 1.29 is 8.42 Å². The molecular formula is C9H19NO2S. The lowest BCUT2D eigenvalue weighted by Crippen LogP contribution is -2.23. The van der Waals surface area contributed by atoms with Crippen LogP contribution in [0, 0.1) is 11.8 Å². The molecule has 0 aromatic rings. The molecule has 1 aliphatic rings. The molecule has 0 aromatic carbocycles. The van der Waals surface area contributed by atoms with Gasteiger partial charge in [0.1, 0.15) is 0 Å². The van der Waals surface area contributed by atoms with E-state index in [0.29, 0.717) is 18.2 Å². The maximum Gasteiger partial charge on any atom is 0.150 e. The van der Waals surface area contributed by atoms with E-state index in [-0.39, 0.29) is 11.7 Å². The summed E-state index contributed by atoms with van der Waals surface area (Å²) in [7, 11) is -2.83. The van der Waals surface area contributed by atoms with Crippen LogP contribution in [-0.2, 0) is 9.84 Å². The highest BCUT2D eigenvalue weighted by molar-refractivity contribution is 7.91. The highest BCUT2D eigenvalue weighted by Crippen LogP contribution is 2.32. The minimum absolute atomic E-state index is 0.101. The third kappa shape index (κ3) is 4.62. The van der Waals surface area contributed by atoms with E-state index in [9.17, 15) is 8.42 Å². The summed E-state index contributed by atoms with van der Waals surface area (Å²) >= 11 is 0. The predicted octanol–water partition coefficient (Wildman–Crippen LogP) is 0.796. The molecule has 0 amide bonds. The van der Waals surface area contributed by atoms with Gasteiger partial charge in [0.05, 0.1) is 11.5 Å². The molecule has 1 aliphatic carbocycles. The number of sulfone groups is 1. The molecule has 0 aromatic heterocycles. The van der Waals surface area contributed by atoms with Gasteiger partial charge in [0.25, 0.3) is 0 Å². The molecule has 1 atom stereocenters. The second-order valence-electron chi connectivity index (χ2n) is 4.19. The van der Waals surface area contributed by atoms with Crippen LogP contribution in [0.25, 0.3) is 0 Å². The van der Waals surface area contributed by atoms with Crippen molar-refractivity contribution in [3.05, 3.63) is 0 Å². The highest BCUT2D eigenvalue weighted by atomic mass is 32.2. The lowest BCUT2D eigenvalue weighted by atomic mass is 10.2. The SMILES string of the molecule is CC(CN)CS(=O)(=O)CCC1CC1. The van der Waals surface area contributed by atoms with Gasteiger partial charge in [-0.05, 0) is 24.8 Å². The summed E-state index contributed by atoms with van der Waals surface area (Å²) in [6.07, 6.45) is 3.31. The van der Waals surface area contributed by atoms with E-state index in [1.807, 2.05) is 6.92 Å². The Labute approximate surface area is 80.6 Å². The first-order chi connectivity index (χ1) is 6.03. The summed E-state index contributed by atoms with van der Waals surface area (Å²) in [5.41, 5.74) is 5.38. The molecule has 1 fully saturated rings. The fourth-order valence-electron chi connectivity index (χ4n) is 1.34. The molecule has 0 heterocycles. The highest BCUT2D eigenvalue weighted by Gasteiger charge is 2.24. The van der Waals surface area contributed by atoms with Gasteiger partial charge in [-0.15, -0.1) is 0 Å². The van der Waals surface area contributed by atoms with Crippen LogP contribution >= 0.6 is 0 Å². The monoisotopic (exact) mass is 205 g/mol. The van der Waals surface area contributed by atoms with Gasteiger partial charge in [-0.2, -0.15) is 0 Å². The van der Waals surface area contributed by atoms with Gasteiger partial charge in [-0.3, -0.25) is 0 Å². The standard InChI is InChI=1S/C9H19NO2S/c1-8(6-10)7-13(11,12)5-4-9-2-3-9/h8-9H,2-7,10H2,1H3. The van der Waals surface area contributed by atoms with Gasteiger partial charge in [0.2, 0.25) is 0 Å². The van der Waals surface area contributed by atoms with Crippen molar-refractivity contribution in [2.24, 2.45) is 17.6 Å². The Balaban J connectivity index is 2.26. The van der Waals surface area contributed by atoms with Crippen molar-refractivity contribution in [2.75, 3.05) is 18.1 Å². The van der Waals surface area contributed by atoms with E-state index >= 15 is 0 Å². The van der Waals surface area contributed by atoms with E-state index in [1.54, 1.807) is 0 Å². The Morgan fingerprint density at radius 3 is 2.54 bits per heavy atom. The van der Waals surface area contributed by atoms with Gasteiger partial charge >= 0.3 is 0 Å². The number of hydrogen-bond donors (Lipinski definition) is 1. The molecule has 13 heavy (non-hydrogen) atoms. The molecule has 78 valence electrons. The quantitative estimate of drug-likeness (QED) is 0.697. The lowest BCUT2D eigenvalue weighted by Gasteiger charge is -2.08. The fourth-order valence-corrected chi connectivity index (χ4v) is 3.20. The number of nitrogens with two attached hydrogens (primary N) is 1. The average Bonchev–Trinajstić information content (AvgIpc) is 2.83. The van der Waals surface area contributed by atoms with E-state index in [1.165, 1.54) is 12.8 Å². The molecule has 0 spiro atoms. The van der Waals surface area contributed by atoms with Crippen molar-refractivity contribution in [1.82, 2.24) is 0 Å². The maximum absolute atomic E-state index is 11.5. The average molecular weight is 205 g/mol. The van der Waals surface area contributed by atoms with Crippen molar-refractivity contribution in [2.45, 2.75) is 26.2 Å². The van der Waals surface area contributed by atoms with Crippen molar-refractivity contribution in [1.29, 1.82) is 0 Å². The molecule has 0 radical (unpaired) electrons. The van der Waals surface area contributed by atoms with Crippen LogP contribution in [-0.4, -0.2) is 26.5 Å². The Bertz CT molecular complexity index is 244. The Hall–Kier alpha value is -0.0900. The molecule has 0 saturated heterocycles. The zero-order chi connectivity index (χ0) is 9.90. The molecule has 0 aliphatic heterocycles. The van der Waals surface area contributed by atoms with Crippen molar-refractivity contribution in [3.8, 4) is 0 Å². The smallest absolute Gasteiger partial charge is 0.150 e.